The van der Waals surface area contributed by atoms with Crippen LogP contribution in [0.4, 0.5) is 5.69 Å². The van der Waals surface area contributed by atoms with Crippen LogP contribution in [0.2, 0.25) is 0 Å². The lowest BCUT2D eigenvalue weighted by Crippen LogP contribution is -2.24. The summed E-state index contributed by atoms with van der Waals surface area (Å²) < 4.78 is 1.69. The molecular weight excluding hydrogens is 308 g/mol. The fourth-order valence-corrected chi connectivity index (χ4v) is 3.59. The van der Waals surface area contributed by atoms with Gasteiger partial charge in [0.1, 0.15) is 5.69 Å². The summed E-state index contributed by atoms with van der Waals surface area (Å²) in [6.45, 7) is 2.02. The van der Waals surface area contributed by atoms with Crippen molar-refractivity contribution >= 4 is 11.3 Å². The normalized spacial score (nSPS) is 18.6. The smallest absolute Gasteiger partial charge is 0.325 e. The van der Waals surface area contributed by atoms with Crippen LogP contribution in [0.25, 0.3) is 16.9 Å². The summed E-state index contributed by atoms with van der Waals surface area (Å²) in [5.41, 5.74) is 2.15. The summed E-state index contributed by atoms with van der Waals surface area (Å²) in [7, 11) is 0. The minimum absolute atomic E-state index is 0.340. The summed E-state index contributed by atoms with van der Waals surface area (Å²) >= 11 is 0. The van der Waals surface area contributed by atoms with Crippen LogP contribution in [0.1, 0.15) is 19.3 Å². The van der Waals surface area contributed by atoms with E-state index >= 15 is 0 Å². The first kappa shape index (κ1) is 13.5. The predicted octanol–water partition coefficient (Wildman–Crippen LogP) is 0.763. The van der Waals surface area contributed by atoms with Gasteiger partial charge in [-0.05, 0) is 30.7 Å². The van der Waals surface area contributed by atoms with Crippen LogP contribution in [0, 0.1) is 5.41 Å². The summed E-state index contributed by atoms with van der Waals surface area (Å²) in [5, 5.41) is 4.47. The standard InChI is InChI=1S/C16H16N6O2/c23-14-10(8-18-15(24)19-14)11-7-12(13-17-4-6-22(13)20-11)21-5-3-16(9-21)1-2-16/h4,6-8H,1-3,5,9H2,(H2,18,19,23,24). The molecule has 3 aromatic heterocycles. The Morgan fingerprint density at radius 3 is 2.83 bits per heavy atom. The Hall–Kier alpha value is -2.90. The molecule has 122 valence electrons. The molecule has 1 aliphatic heterocycles. The Kier molecular flexibility index (Phi) is 2.57. The molecule has 0 radical (unpaired) electrons. The van der Waals surface area contributed by atoms with Gasteiger partial charge in [0, 0.05) is 31.7 Å². The molecule has 8 nitrogen and oxygen atoms in total. The molecule has 2 N–H and O–H groups in total. The molecule has 0 aromatic carbocycles. The van der Waals surface area contributed by atoms with Crippen molar-refractivity contribution < 1.29 is 0 Å². The molecule has 1 saturated carbocycles. The second-order valence-electron chi connectivity index (χ2n) is 6.77. The number of hydrogen-bond donors (Lipinski definition) is 2. The van der Waals surface area contributed by atoms with Gasteiger partial charge in [0.2, 0.25) is 0 Å². The van der Waals surface area contributed by atoms with Gasteiger partial charge >= 0.3 is 5.69 Å². The molecular formula is C16H16N6O2. The fourth-order valence-electron chi connectivity index (χ4n) is 3.59. The first-order valence-electron chi connectivity index (χ1n) is 8.05. The molecule has 0 amide bonds. The Bertz CT molecular complexity index is 1060. The highest BCUT2D eigenvalue weighted by Gasteiger charge is 2.48. The largest absolute Gasteiger partial charge is 0.368 e. The molecule has 2 fully saturated rings. The van der Waals surface area contributed by atoms with Gasteiger partial charge in [-0.25, -0.2) is 14.3 Å². The molecule has 5 rings (SSSR count). The summed E-state index contributed by atoms with van der Waals surface area (Å²) in [6, 6.07) is 1.90. The summed E-state index contributed by atoms with van der Waals surface area (Å²) in [6.07, 6.45) is 8.68. The second-order valence-corrected chi connectivity index (χ2v) is 6.77. The van der Waals surface area contributed by atoms with E-state index in [9.17, 15) is 9.59 Å². The second kappa shape index (κ2) is 4.56. The van der Waals surface area contributed by atoms with E-state index < -0.39 is 11.2 Å². The van der Waals surface area contributed by atoms with Crippen molar-refractivity contribution in [1.82, 2.24) is 24.6 Å². The van der Waals surface area contributed by atoms with Crippen molar-refractivity contribution in [2.24, 2.45) is 5.41 Å². The van der Waals surface area contributed by atoms with Crippen molar-refractivity contribution in [2.45, 2.75) is 19.3 Å². The number of nitrogens with one attached hydrogen (secondary N) is 2. The zero-order valence-corrected chi connectivity index (χ0v) is 13.0. The molecule has 8 heteroatoms. The van der Waals surface area contributed by atoms with Crippen LogP contribution in [0.15, 0.2) is 34.2 Å². The molecule has 1 spiro atoms. The van der Waals surface area contributed by atoms with Gasteiger partial charge in [-0.2, -0.15) is 5.10 Å². The number of anilines is 1. The van der Waals surface area contributed by atoms with Gasteiger partial charge in [-0.1, -0.05) is 0 Å². The fraction of sp³-hybridized carbons (Fsp3) is 0.375. The van der Waals surface area contributed by atoms with Crippen LogP contribution < -0.4 is 16.1 Å². The number of imidazole rings is 1. The zero-order chi connectivity index (χ0) is 16.3. The number of fused-ring (bicyclic) bond motifs is 1. The number of nitrogens with zero attached hydrogens (tertiary/aromatic N) is 4. The Balaban J connectivity index is 1.68. The van der Waals surface area contributed by atoms with Crippen molar-refractivity contribution in [2.75, 3.05) is 18.0 Å². The molecule has 0 bridgehead atoms. The number of aromatic amines is 2. The molecule has 0 atom stereocenters. The lowest BCUT2D eigenvalue weighted by Gasteiger charge is -2.19. The number of rotatable bonds is 2. The lowest BCUT2D eigenvalue weighted by atomic mass is 10.1. The first-order chi connectivity index (χ1) is 11.6. The molecule has 24 heavy (non-hydrogen) atoms. The summed E-state index contributed by atoms with van der Waals surface area (Å²) in [4.78, 5) is 34.9. The zero-order valence-electron chi connectivity index (χ0n) is 13.0. The average Bonchev–Trinajstić information content (AvgIpc) is 2.96. The Morgan fingerprint density at radius 2 is 2.08 bits per heavy atom. The molecule has 1 aliphatic carbocycles. The van der Waals surface area contributed by atoms with Gasteiger partial charge in [-0.3, -0.25) is 9.78 Å². The van der Waals surface area contributed by atoms with Crippen LogP contribution in [-0.4, -0.2) is 37.7 Å². The highest BCUT2D eigenvalue weighted by molar-refractivity contribution is 5.74. The van der Waals surface area contributed by atoms with Crippen LogP contribution >= 0.6 is 0 Å². The summed E-state index contributed by atoms with van der Waals surface area (Å²) in [5.74, 6) is 0. The van der Waals surface area contributed by atoms with E-state index in [1.807, 2.05) is 6.07 Å². The Morgan fingerprint density at radius 1 is 1.21 bits per heavy atom. The third-order valence-corrected chi connectivity index (χ3v) is 5.17. The first-order valence-corrected chi connectivity index (χ1v) is 8.05. The van der Waals surface area contributed by atoms with E-state index in [-0.39, 0.29) is 0 Å². The minimum Gasteiger partial charge on any atom is -0.368 e. The number of hydrogen-bond acceptors (Lipinski definition) is 5. The third-order valence-electron chi connectivity index (χ3n) is 5.17. The van der Waals surface area contributed by atoms with Gasteiger partial charge in [0.25, 0.3) is 5.56 Å². The predicted molar refractivity (Wildman–Crippen MR) is 88.2 cm³/mol. The van der Waals surface area contributed by atoms with Gasteiger partial charge < -0.3 is 9.88 Å². The van der Waals surface area contributed by atoms with Crippen molar-refractivity contribution in [3.8, 4) is 11.3 Å². The maximum atomic E-state index is 12.1. The maximum Gasteiger partial charge on any atom is 0.325 e. The maximum absolute atomic E-state index is 12.1. The Labute approximate surface area is 136 Å². The highest BCUT2D eigenvalue weighted by atomic mass is 16.2. The molecule has 4 heterocycles. The monoisotopic (exact) mass is 324 g/mol. The lowest BCUT2D eigenvalue weighted by molar-refractivity contribution is 0.581. The van der Waals surface area contributed by atoms with E-state index in [0.717, 1.165) is 24.4 Å². The quantitative estimate of drug-likeness (QED) is 0.725. The van der Waals surface area contributed by atoms with Crippen LogP contribution in [-0.2, 0) is 0 Å². The third kappa shape index (κ3) is 1.99. The van der Waals surface area contributed by atoms with Gasteiger partial charge in [0.05, 0.1) is 11.3 Å². The van der Waals surface area contributed by atoms with E-state index in [1.54, 1.807) is 16.9 Å². The minimum atomic E-state index is -0.525. The van der Waals surface area contributed by atoms with E-state index in [0.29, 0.717) is 16.7 Å². The topological polar surface area (TPSA) is 99.2 Å². The molecule has 3 aromatic rings. The molecule has 0 unspecified atom stereocenters. The molecule has 1 saturated heterocycles. The van der Waals surface area contributed by atoms with E-state index in [2.05, 4.69) is 25.0 Å². The number of aromatic nitrogens is 5. The average molecular weight is 324 g/mol. The van der Waals surface area contributed by atoms with E-state index in [4.69, 9.17) is 0 Å². The van der Waals surface area contributed by atoms with E-state index in [1.165, 1.54) is 25.5 Å². The van der Waals surface area contributed by atoms with Crippen molar-refractivity contribution in [3.63, 3.8) is 0 Å². The van der Waals surface area contributed by atoms with Crippen molar-refractivity contribution in [3.05, 3.63) is 45.5 Å². The van der Waals surface area contributed by atoms with Gasteiger partial charge in [-0.15, -0.1) is 0 Å². The molecule has 2 aliphatic rings. The SMILES string of the molecule is O=c1[nH]cc(-c2cc(N3CCC4(CC4)C3)c3nccn3n2)c(=O)[nH]1. The van der Waals surface area contributed by atoms with Crippen LogP contribution in [0.3, 0.4) is 0 Å². The van der Waals surface area contributed by atoms with Crippen LogP contribution in [0.5, 0.6) is 0 Å². The highest BCUT2D eigenvalue weighted by Crippen LogP contribution is 2.53. The van der Waals surface area contributed by atoms with Crippen molar-refractivity contribution in [1.29, 1.82) is 0 Å². The number of H-pyrrole nitrogens is 2. The van der Waals surface area contributed by atoms with Gasteiger partial charge in [0.15, 0.2) is 5.65 Å².